The molecule has 1 N–H and O–H groups in total. The van der Waals surface area contributed by atoms with Crippen LogP contribution in [-0.4, -0.2) is 17.3 Å². The third-order valence-corrected chi connectivity index (χ3v) is 1.31. The Labute approximate surface area is 47.4 Å². The lowest BCUT2D eigenvalue weighted by atomic mass is 10.5. The van der Waals surface area contributed by atoms with Gasteiger partial charge in [-0.2, -0.15) is 0 Å². The van der Waals surface area contributed by atoms with Crippen molar-refractivity contribution in [1.29, 1.82) is 0 Å². The highest BCUT2D eigenvalue weighted by molar-refractivity contribution is 7.32. The van der Waals surface area contributed by atoms with E-state index < -0.39 is 14.5 Å². The van der Waals surface area contributed by atoms with Gasteiger partial charge in [-0.3, -0.25) is 9.09 Å². The molecule has 0 saturated carbocycles. The Bertz CT molecular complexity index is 114. The molecule has 1 saturated heterocycles. The highest BCUT2D eigenvalue weighted by Gasteiger charge is 2.36. The fraction of sp³-hybridized carbons (Fsp3) is 1.00. The lowest BCUT2D eigenvalue weighted by molar-refractivity contribution is 0.169. The molecular formula is C3H7O4P. The number of hydrogen-bond donors (Lipinski definition) is 1. The second-order valence-corrected chi connectivity index (χ2v) is 2.36. The second-order valence-electron chi connectivity index (χ2n) is 1.59. The van der Waals surface area contributed by atoms with Crippen molar-refractivity contribution in [2.45, 2.75) is 19.3 Å². The van der Waals surface area contributed by atoms with E-state index in [1.807, 2.05) is 0 Å². The van der Waals surface area contributed by atoms with Crippen molar-refractivity contribution in [3.63, 3.8) is 0 Å². The van der Waals surface area contributed by atoms with Crippen LogP contribution in [0.2, 0.25) is 0 Å². The molecule has 8 heavy (non-hydrogen) atoms. The van der Waals surface area contributed by atoms with Gasteiger partial charge in [0.25, 0.3) is 0 Å². The fourth-order valence-corrected chi connectivity index (χ4v) is 0.835. The minimum absolute atomic E-state index is 0.00361. The average Bonchev–Trinajstić information content (AvgIpc) is 2.17. The molecule has 3 unspecified atom stereocenters. The summed E-state index contributed by atoms with van der Waals surface area (Å²) < 4.78 is 18.9. The first-order valence-electron chi connectivity index (χ1n) is 2.25. The van der Waals surface area contributed by atoms with E-state index in [2.05, 4.69) is 9.26 Å². The molecule has 5 heteroatoms. The molecule has 0 bridgehead atoms. The molecule has 0 aliphatic carbocycles. The SMILES string of the molecule is CC1OC1O[PH](=O)O. The monoisotopic (exact) mass is 138 g/mol. The van der Waals surface area contributed by atoms with Gasteiger partial charge in [0, 0.05) is 0 Å². The van der Waals surface area contributed by atoms with Gasteiger partial charge in [0.05, 0.1) is 0 Å². The largest absolute Gasteiger partial charge is 0.341 e. The zero-order valence-electron chi connectivity index (χ0n) is 4.33. The van der Waals surface area contributed by atoms with Crippen molar-refractivity contribution in [2.24, 2.45) is 0 Å². The van der Waals surface area contributed by atoms with Crippen LogP contribution in [0, 0.1) is 0 Å². The van der Waals surface area contributed by atoms with Crippen LogP contribution in [0.1, 0.15) is 6.92 Å². The van der Waals surface area contributed by atoms with E-state index in [0.717, 1.165) is 0 Å². The fourth-order valence-electron chi connectivity index (χ4n) is 0.389. The van der Waals surface area contributed by atoms with E-state index >= 15 is 0 Å². The van der Waals surface area contributed by atoms with Crippen molar-refractivity contribution in [3.8, 4) is 0 Å². The summed E-state index contributed by atoms with van der Waals surface area (Å²) in [5, 5.41) is 0. The molecule has 0 amide bonds. The highest BCUT2D eigenvalue weighted by Crippen LogP contribution is 2.31. The zero-order chi connectivity index (χ0) is 6.15. The summed E-state index contributed by atoms with van der Waals surface area (Å²) in [5.74, 6) is 0. The van der Waals surface area contributed by atoms with Crippen molar-refractivity contribution in [2.75, 3.05) is 0 Å². The lowest BCUT2D eigenvalue weighted by Gasteiger charge is -1.87. The Morgan fingerprint density at radius 1 is 1.88 bits per heavy atom. The first-order chi connectivity index (χ1) is 3.70. The van der Waals surface area contributed by atoms with Gasteiger partial charge >= 0.3 is 8.25 Å². The summed E-state index contributed by atoms with van der Waals surface area (Å²) in [6, 6.07) is 0. The van der Waals surface area contributed by atoms with Crippen molar-refractivity contribution < 1.29 is 18.7 Å². The summed E-state index contributed by atoms with van der Waals surface area (Å²) >= 11 is 0. The zero-order valence-corrected chi connectivity index (χ0v) is 5.33. The minimum atomic E-state index is -2.78. The Balaban J connectivity index is 2.14. The number of rotatable bonds is 2. The summed E-state index contributed by atoms with van der Waals surface area (Å²) in [4.78, 5) is 8.12. The van der Waals surface area contributed by atoms with Gasteiger partial charge < -0.3 is 9.63 Å². The molecule has 48 valence electrons. The molecule has 0 spiro atoms. The van der Waals surface area contributed by atoms with Crippen LogP contribution in [-0.2, 0) is 13.8 Å². The molecule has 4 nitrogen and oxygen atoms in total. The van der Waals surface area contributed by atoms with Gasteiger partial charge in [-0.1, -0.05) is 0 Å². The smallest absolute Gasteiger partial charge is 0.318 e. The van der Waals surface area contributed by atoms with E-state index in [1.54, 1.807) is 6.92 Å². The normalized spacial score (nSPS) is 39.2. The minimum Gasteiger partial charge on any atom is -0.341 e. The molecule has 1 rings (SSSR count). The van der Waals surface area contributed by atoms with Crippen LogP contribution in [0.5, 0.6) is 0 Å². The summed E-state index contributed by atoms with van der Waals surface area (Å²) in [5.41, 5.74) is 0. The average molecular weight is 138 g/mol. The van der Waals surface area contributed by atoms with Crippen LogP contribution in [0.3, 0.4) is 0 Å². The van der Waals surface area contributed by atoms with Crippen LogP contribution in [0.25, 0.3) is 0 Å². The van der Waals surface area contributed by atoms with Gasteiger partial charge in [0.2, 0.25) is 0 Å². The van der Waals surface area contributed by atoms with E-state index in [4.69, 9.17) is 4.89 Å². The van der Waals surface area contributed by atoms with Gasteiger partial charge in [0.15, 0.2) is 6.29 Å². The molecule has 0 radical (unpaired) electrons. The first kappa shape index (κ1) is 6.23. The number of epoxide rings is 1. The van der Waals surface area contributed by atoms with E-state index in [0.29, 0.717) is 0 Å². The topological polar surface area (TPSA) is 59.1 Å². The lowest BCUT2D eigenvalue weighted by Crippen LogP contribution is -1.87. The maximum atomic E-state index is 9.88. The predicted molar refractivity (Wildman–Crippen MR) is 26.6 cm³/mol. The van der Waals surface area contributed by atoms with E-state index in [-0.39, 0.29) is 6.10 Å². The summed E-state index contributed by atoms with van der Waals surface area (Å²) in [6.07, 6.45) is -0.428. The van der Waals surface area contributed by atoms with Crippen molar-refractivity contribution >= 4 is 8.25 Å². The number of hydrogen-bond acceptors (Lipinski definition) is 3. The molecule has 1 aliphatic heterocycles. The Morgan fingerprint density at radius 3 is 2.50 bits per heavy atom. The van der Waals surface area contributed by atoms with Gasteiger partial charge in [0.1, 0.15) is 6.10 Å². The number of ether oxygens (including phenoxy) is 1. The van der Waals surface area contributed by atoms with Crippen LogP contribution in [0.15, 0.2) is 0 Å². The quantitative estimate of drug-likeness (QED) is 0.435. The molecule has 1 aliphatic rings. The molecule has 0 aromatic carbocycles. The van der Waals surface area contributed by atoms with Gasteiger partial charge in [-0.25, -0.2) is 0 Å². The molecule has 3 atom stereocenters. The third kappa shape index (κ3) is 1.56. The van der Waals surface area contributed by atoms with E-state index in [1.165, 1.54) is 0 Å². The maximum Gasteiger partial charge on any atom is 0.318 e. The molecule has 0 aromatic rings. The van der Waals surface area contributed by atoms with Crippen LogP contribution < -0.4 is 0 Å². The summed E-state index contributed by atoms with van der Waals surface area (Å²) in [7, 11) is -2.78. The second kappa shape index (κ2) is 2.15. The Hall–Kier alpha value is 0.110. The van der Waals surface area contributed by atoms with Crippen molar-refractivity contribution in [1.82, 2.24) is 0 Å². The predicted octanol–water partition coefficient (Wildman–Crippen LogP) is 0.130. The first-order valence-corrected chi connectivity index (χ1v) is 3.51. The standard InChI is InChI=1S/C3H7O4P/c1-2-3(6-2)7-8(4)5/h2-3,8H,1H3,(H,4,5). The molecule has 1 fully saturated rings. The maximum absolute atomic E-state index is 9.88. The van der Waals surface area contributed by atoms with Gasteiger partial charge in [-0.15, -0.1) is 0 Å². The molecule has 1 heterocycles. The molecule has 0 aromatic heterocycles. The van der Waals surface area contributed by atoms with Crippen LogP contribution >= 0.6 is 8.25 Å². The summed E-state index contributed by atoms with van der Waals surface area (Å²) in [6.45, 7) is 1.77. The Morgan fingerprint density at radius 2 is 2.38 bits per heavy atom. The Kier molecular flexibility index (Phi) is 1.68. The van der Waals surface area contributed by atoms with E-state index in [9.17, 15) is 4.57 Å². The highest BCUT2D eigenvalue weighted by atomic mass is 31.1. The molecular weight excluding hydrogens is 131 g/mol. The third-order valence-electron chi connectivity index (χ3n) is 0.872. The van der Waals surface area contributed by atoms with Gasteiger partial charge in [-0.05, 0) is 6.92 Å². The van der Waals surface area contributed by atoms with Crippen molar-refractivity contribution in [3.05, 3.63) is 0 Å². The van der Waals surface area contributed by atoms with Crippen LogP contribution in [0.4, 0.5) is 0 Å².